The van der Waals surface area contributed by atoms with E-state index in [0.717, 1.165) is 0 Å². The van der Waals surface area contributed by atoms with Crippen molar-refractivity contribution in [2.45, 2.75) is 19.4 Å². The van der Waals surface area contributed by atoms with E-state index in [4.69, 9.17) is 10.2 Å². The quantitative estimate of drug-likeness (QED) is 0.491. The summed E-state index contributed by atoms with van der Waals surface area (Å²) >= 11 is 0. The molecule has 70 valence electrons. The van der Waals surface area contributed by atoms with E-state index in [9.17, 15) is 9.59 Å². The molecule has 0 aromatic rings. The molecule has 0 aliphatic heterocycles. The Morgan fingerprint density at radius 1 is 1.58 bits per heavy atom. The molecule has 0 spiro atoms. The fourth-order valence-electron chi connectivity index (χ4n) is 0.608. The lowest BCUT2D eigenvalue weighted by Crippen LogP contribution is -2.38. The highest BCUT2D eigenvalue weighted by Crippen LogP contribution is 1.92. The molecule has 0 radical (unpaired) electrons. The number of aliphatic hydroxyl groups excluding tert-OH is 1. The largest absolute Gasteiger partial charge is 0.525 e. The summed E-state index contributed by atoms with van der Waals surface area (Å²) in [4.78, 5) is 24.6. The van der Waals surface area contributed by atoms with Crippen LogP contribution in [0.4, 0.5) is 4.79 Å². The van der Waals surface area contributed by atoms with Crippen LogP contribution in [0.15, 0.2) is 0 Å². The van der Waals surface area contributed by atoms with Gasteiger partial charge in [0.15, 0.2) is 5.78 Å². The summed E-state index contributed by atoms with van der Waals surface area (Å²) in [5.41, 5.74) is 2.01. The third-order valence-corrected chi connectivity index (χ3v) is 1.24. The Morgan fingerprint density at radius 3 is 2.50 bits per heavy atom. The van der Waals surface area contributed by atoms with Crippen LogP contribution in [0.5, 0.6) is 0 Å². The van der Waals surface area contributed by atoms with E-state index in [1.54, 1.807) is 6.92 Å². The zero-order chi connectivity index (χ0) is 9.56. The van der Waals surface area contributed by atoms with Crippen LogP contribution in [0.25, 0.3) is 0 Å². The van der Waals surface area contributed by atoms with Crippen LogP contribution < -0.4 is 5.48 Å². The minimum atomic E-state index is -1.51. The number of rotatable bonds is 5. The van der Waals surface area contributed by atoms with Crippen LogP contribution in [0, 0.1) is 0 Å². The Bertz CT molecular complexity index is 169. The van der Waals surface area contributed by atoms with Gasteiger partial charge < -0.3 is 15.1 Å². The summed E-state index contributed by atoms with van der Waals surface area (Å²) in [5.74, 6) is -0.501. The van der Waals surface area contributed by atoms with Gasteiger partial charge in [-0.1, -0.05) is 6.92 Å². The van der Waals surface area contributed by atoms with Gasteiger partial charge in [-0.2, -0.15) is 0 Å². The summed E-state index contributed by atoms with van der Waals surface area (Å²) in [6.45, 7) is 1.03. The zero-order valence-electron chi connectivity index (χ0n) is 6.61. The van der Waals surface area contributed by atoms with Crippen LogP contribution in [-0.2, 0) is 9.63 Å². The van der Waals surface area contributed by atoms with E-state index in [-0.39, 0.29) is 0 Å². The number of hydroxylamine groups is 1. The number of ketones is 1. The molecular weight excluding hydrogens is 166 g/mol. The van der Waals surface area contributed by atoms with Crippen LogP contribution >= 0.6 is 0 Å². The molecule has 0 aliphatic rings. The Kier molecular flexibility index (Phi) is 4.98. The second kappa shape index (κ2) is 5.50. The van der Waals surface area contributed by atoms with Crippen molar-refractivity contribution in [2.75, 3.05) is 6.61 Å². The number of carbonyl (C=O) groups is 2. The van der Waals surface area contributed by atoms with Gasteiger partial charge in [0, 0.05) is 0 Å². The van der Waals surface area contributed by atoms with Gasteiger partial charge in [0.1, 0.15) is 12.6 Å². The minimum Gasteiger partial charge on any atom is -0.448 e. The highest BCUT2D eigenvalue weighted by molar-refractivity contribution is 5.84. The molecule has 0 aromatic carbocycles. The second-order valence-corrected chi connectivity index (χ2v) is 2.07. The molecule has 3 N–H and O–H groups in total. The predicted molar refractivity (Wildman–Crippen MR) is 38.4 cm³/mol. The lowest BCUT2D eigenvalue weighted by molar-refractivity contribution is -0.126. The summed E-state index contributed by atoms with van der Waals surface area (Å²) in [6, 6.07) is -0.772. The molecule has 0 amide bonds. The summed E-state index contributed by atoms with van der Waals surface area (Å²) in [6.07, 6.45) is -1.16. The molecule has 0 fully saturated rings. The third-order valence-electron chi connectivity index (χ3n) is 1.24. The first-order valence-electron chi connectivity index (χ1n) is 3.40. The monoisotopic (exact) mass is 177 g/mol. The second-order valence-electron chi connectivity index (χ2n) is 2.07. The van der Waals surface area contributed by atoms with Crippen LogP contribution in [0.2, 0.25) is 0 Å². The van der Waals surface area contributed by atoms with Crippen molar-refractivity contribution in [3.8, 4) is 0 Å². The number of aliphatic hydroxyl groups is 1. The third kappa shape index (κ3) is 3.89. The fraction of sp³-hybridized carbons (Fsp3) is 0.667. The van der Waals surface area contributed by atoms with Crippen LogP contribution in [0.3, 0.4) is 0 Å². The molecule has 0 bridgehead atoms. The van der Waals surface area contributed by atoms with Crippen molar-refractivity contribution in [1.29, 1.82) is 0 Å². The normalized spacial score (nSPS) is 12.2. The highest BCUT2D eigenvalue weighted by atomic mass is 16.8. The van der Waals surface area contributed by atoms with Crippen molar-refractivity contribution in [3.05, 3.63) is 0 Å². The van der Waals surface area contributed by atoms with Gasteiger partial charge in [0.05, 0.1) is 0 Å². The first kappa shape index (κ1) is 10.9. The molecule has 0 heterocycles. The topological polar surface area (TPSA) is 95.9 Å². The molecule has 1 unspecified atom stereocenters. The predicted octanol–water partition coefficient (Wildman–Crippen LogP) is -0.474. The van der Waals surface area contributed by atoms with E-state index in [1.165, 1.54) is 0 Å². The highest BCUT2D eigenvalue weighted by Gasteiger charge is 2.16. The maximum absolute atomic E-state index is 10.8. The average Bonchev–Trinajstić information content (AvgIpc) is 2.04. The minimum absolute atomic E-state index is 0.354. The van der Waals surface area contributed by atoms with Gasteiger partial charge in [0.2, 0.25) is 0 Å². The van der Waals surface area contributed by atoms with Crippen molar-refractivity contribution >= 4 is 11.9 Å². The van der Waals surface area contributed by atoms with Crippen molar-refractivity contribution in [2.24, 2.45) is 0 Å². The number of carbonyl (C=O) groups excluding carboxylic acids is 1. The van der Waals surface area contributed by atoms with E-state index in [2.05, 4.69) is 4.84 Å². The fourth-order valence-corrected chi connectivity index (χ4v) is 0.608. The first-order valence-corrected chi connectivity index (χ1v) is 3.40. The summed E-state index contributed by atoms with van der Waals surface area (Å²) < 4.78 is 0. The van der Waals surface area contributed by atoms with Gasteiger partial charge in [0.25, 0.3) is 0 Å². The Labute approximate surface area is 69.1 Å². The smallest absolute Gasteiger partial charge is 0.448 e. The number of Topliss-reactive ketones (excluding diaryl/α,β-unsaturated/α-hetero) is 1. The standard InChI is InChI=1S/C6H11NO5/c1-2-4(5(9)3-8)7-12-6(10)11/h4,7-8H,2-3H2,1H3,(H,10,11). The number of carboxylic acid groups (broad SMARTS) is 1. The lowest BCUT2D eigenvalue weighted by atomic mass is 10.1. The van der Waals surface area contributed by atoms with Crippen molar-refractivity contribution in [3.63, 3.8) is 0 Å². The zero-order valence-corrected chi connectivity index (χ0v) is 6.61. The molecule has 0 saturated carbocycles. The maximum Gasteiger partial charge on any atom is 0.525 e. The van der Waals surface area contributed by atoms with Crippen molar-refractivity contribution in [1.82, 2.24) is 5.48 Å². The molecule has 6 heteroatoms. The van der Waals surface area contributed by atoms with E-state index in [1.807, 2.05) is 5.48 Å². The number of hydrogen-bond donors (Lipinski definition) is 3. The number of nitrogens with one attached hydrogen (secondary N) is 1. The molecule has 0 aromatic heterocycles. The summed E-state index contributed by atoms with van der Waals surface area (Å²) in [7, 11) is 0. The van der Waals surface area contributed by atoms with Gasteiger partial charge in [-0.05, 0) is 6.42 Å². The SMILES string of the molecule is CCC(NOC(=O)O)C(=O)CO. The maximum atomic E-state index is 10.8. The average molecular weight is 177 g/mol. The molecule has 0 aliphatic carbocycles. The van der Waals surface area contributed by atoms with Gasteiger partial charge in [-0.3, -0.25) is 4.79 Å². The van der Waals surface area contributed by atoms with Crippen LogP contribution in [0.1, 0.15) is 13.3 Å². The van der Waals surface area contributed by atoms with E-state index < -0.39 is 24.6 Å². The van der Waals surface area contributed by atoms with Crippen LogP contribution in [-0.4, -0.2) is 34.8 Å². The first-order chi connectivity index (χ1) is 5.61. The number of hydrogen-bond acceptors (Lipinski definition) is 5. The molecule has 0 saturated heterocycles. The summed E-state index contributed by atoms with van der Waals surface area (Å²) in [5, 5.41) is 16.5. The van der Waals surface area contributed by atoms with Crippen molar-refractivity contribution < 1.29 is 24.6 Å². The Morgan fingerprint density at radius 2 is 2.17 bits per heavy atom. The molecule has 6 nitrogen and oxygen atoms in total. The lowest BCUT2D eigenvalue weighted by Gasteiger charge is -2.11. The van der Waals surface area contributed by atoms with E-state index in [0.29, 0.717) is 6.42 Å². The molecule has 0 rings (SSSR count). The van der Waals surface area contributed by atoms with Gasteiger partial charge in [-0.25, -0.2) is 4.79 Å². The Hall–Kier alpha value is -1.14. The molecule has 12 heavy (non-hydrogen) atoms. The molecular formula is C6H11NO5. The Balaban J connectivity index is 3.83. The van der Waals surface area contributed by atoms with Gasteiger partial charge in [-0.15, -0.1) is 5.48 Å². The molecule has 1 atom stereocenters. The van der Waals surface area contributed by atoms with E-state index >= 15 is 0 Å². The van der Waals surface area contributed by atoms with Gasteiger partial charge >= 0.3 is 6.16 Å².